The molecule has 1 heterocycles. The van der Waals surface area contributed by atoms with Gasteiger partial charge >= 0.3 is 5.97 Å². The summed E-state index contributed by atoms with van der Waals surface area (Å²) in [7, 11) is 0. The second kappa shape index (κ2) is 6.53. The van der Waals surface area contributed by atoms with E-state index in [1.165, 1.54) is 0 Å². The average molecular weight is 257 g/mol. The third kappa shape index (κ3) is 4.94. The maximum atomic E-state index is 10.6. The van der Waals surface area contributed by atoms with Crippen LogP contribution in [0.3, 0.4) is 0 Å². The average Bonchev–Trinajstić information content (AvgIpc) is 2.21. The summed E-state index contributed by atoms with van der Waals surface area (Å²) < 4.78 is 5.75. The Labute approximate surface area is 110 Å². The van der Waals surface area contributed by atoms with E-state index in [9.17, 15) is 4.79 Å². The van der Waals surface area contributed by atoms with Gasteiger partial charge in [0.05, 0.1) is 5.60 Å². The molecule has 0 aliphatic carbocycles. The van der Waals surface area contributed by atoms with Crippen molar-refractivity contribution in [2.75, 3.05) is 13.2 Å². The third-order valence-electron chi connectivity index (χ3n) is 3.61. The molecule has 0 bridgehead atoms. The van der Waals surface area contributed by atoms with Crippen LogP contribution in [0.15, 0.2) is 0 Å². The van der Waals surface area contributed by atoms with Crippen molar-refractivity contribution in [3.05, 3.63) is 0 Å². The van der Waals surface area contributed by atoms with E-state index in [-0.39, 0.29) is 12.0 Å². The normalized spacial score (nSPS) is 23.6. The quantitative estimate of drug-likeness (QED) is 0.794. The minimum Gasteiger partial charge on any atom is -0.481 e. The number of nitrogens with zero attached hydrogens (tertiary/aromatic N) is 1. The minimum atomic E-state index is -0.703. The highest BCUT2D eigenvalue weighted by Crippen LogP contribution is 2.28. The second-order valence-corrected chi connectivity index (χ2v) is 6.08. The van der Waals surface area contributed by atoms with Gasteiger partial charge < -0.3 is 9.84 Å². The van der Waals surface area contributed by atoms with E-state index in [0.29, 0.717) is 12.1 Å². The van der Waals surface area contributed by atoms with Gasteiger partial charge in [0.2, 0.25) is 0 Å². The Morgan fingerprint density at radius 1 is 1.50 bits per heavy atom. The molecule has 0 amide bonds. The molecule has 0 aromatic carbocycles. The predicted octanol–water partition coefficient (Wildman–Crippen LogP) is 2.52. The molecular weight excluding hydrogens is 230 g/mol. The number of carboxylic acids is 1. The van der Waals surface area contributed by atoms with Crippen LogP contribution in [0.25, 0.3) is 0 Å². The van der Waals surface area contributed by atoms with Gasteiger partial charge in [0.25, 0.3) is 0 Å². The maximum Gasteiger partial charge on any atom is 0.303 e. The molecule has 0 aromatic rings. The van der Waals surface area contributed by atoms with Gasteiger partial charge in [-0.05, 0) is 53.5 Å². The lowest BCUT2D eigenvalue weighted by Crippen LogP contribution is -2.49. The Morgan fingerprint density at radius 2 is 2.17 bits per heavy atom. The molecule has 1 fully saturated rings. The van der Waals surface area contributed by atoms with Crippen LogP contribution >= 0.6 is 0 Å². The van der Waals surface area contributed by atoms with E-state index >= 15 is 0 Å². The molecule has 1 aliphatic heterocycles. The van der Waals surface area contributed by atoms with Crippen LogP contribution < -0.4 is 0 Å². The van der Waals surface area contributed by atoms with Crippen molar-refractivity contribution < 1.29 is 14.6 Å². The molecule has 4 nitrogen and oxygen atoms in total. The van der Waals surface area contributed by atoms with E-state index in [1.54, 1.807) is 0 Å². The van der Waals surface area contributed by atoms with Crippen LogP contribution in [0.4, 0.5) is 0 Å². The number of carbonyl (C=O) groups is 1. The summed E-state index contributed by atoms with van der Waals surface area (Å²) in [4.78, 5) is 13.0. The number of hydrogen-bond donors (Lipinski definition) is 1. The van der Waals surface area contributed by atoms with E-state index < -0.39 is 5.97 Å². The molecule has 18 heavy (non-hydrogen) atoms. The van der Waals surface area contributed by atoms with Gasteiger partial charge in [-0.2, -0.15) is 0 Å². The molecule has 4 heteroatoms. The van der Waals surface area contributed by atoms with Crippen LogP contribution in [0, 0.1) is 0 Å². The Bertz CT molecular complexity index is 276. The Morgan fingerprint density at radius 3 is 2.67 bits per heavy atom. The molecule has 1 atom stereocenters. The fourth-order valence-corrected chi connectivity index (χ4v) is 2.76. The number of aliphatic carboxylic acids is 1. The number of carboxylic acid groups (broad SMARTS) is 1. The van der Waals surface area contributed by atoms with E-state index in [4.69, 9.17) is 9.84 Å². The first-order valence-electron chi connectivity index (χ1n) is 6.93. The first-order valence-corrected chi connectivity index (χ1v) is 6.93. The van der Waals surface area contributed by atoms with Crippen molar-refractivity contribution in [1.82, 2.24) is 4.90 Å². The van der Waals surface area contributed by atoms with Crippen LogP contribution in [0.2, 0.25) is 0 Å². The monoisotopic (exact) mass is 257 g/mol. The summed E-state index contributed by atoms with van der Waals surface area (Å²) in [5.74, 6) is -0.703. The second-order valence-electron chi connectivity index (χ2n) is 6.08. The molecule has 1 saturated heterocycles. The SMILES string of the molecule is CC(C)N(CCCC(=O)O)C1CCOC(C)(C)C1. The topological polar surface area (TPSA) is 49.8 Å². The van der Waals surface area contributed by atoms with Gasteiger partial charge in [-0.15, -0.1) is 0 Å². The van der Waals surface area contributed by atoms with Gasteiger partial charge in [-0.1, -0.05) is 0 Å². The molecule has 0 saturated carbocycles. The molecule has 0 radical (unpaired) electrons. The molecule has 1 N–H and O–H groups in total. The molecule has 0 aromatic heterocycles. The first kappa shape index (κ1) is 15.4. The molecule has 1 rings (SSSR count). The predicted molar refractivity (Wildman–Crippen MR) is 71.8 cm³/mol. The van der Waals surface area contributed by atoms with Crippen molar-refractivity contribution in [2.45, 2.75) is 71.1 Å². The highest BCUT2D eigenvalue weighted by atomic mass is 16.5. The van der Waals surface area contributed by atoms with Crippen molar-refractivity contribution >= 4 is 5.97 Å². The smallest absolute Gasteiger partial charge is 0.303 e. The van der Waals surface area contributed by atoms with Crippen molar-refractivity contribution in [3.63, 3.8) is 0 Å². The van der Waals surface area contributed by atoms with Gasteiger partial charge in [-0.3, -0.25) is 9.69 Å². The summed E-state index contributed by atoms with van der Waals surface area (Å²) in [5, 5.41) is 8.72. The molecule has 106 valence electrons. The molecule has 1 aliphatic rings. The van der Waals surface area contributed by atoms with Gasteiger partial charge in [0.15, 0.2) is 0 Å². The van der Waals surface area contributed by atoms with E-state index in [0.717, 1.165) is 32.4 Å². The van der Waals surface area contributed by atoms with Crippen LogP contribution in [0.1, 0.15) is 53.4 Å². The van der Waals surface area contributed by atoms with E-state index in [1.807, 2.05) is 0 Å². The van der Waals surface area contributed by atoms with Gasteiger partial charge in [-0.25, -0.2) is 0 Å². The maximum absolute atomic E-state index is 10.6. The van der Waals surface area contributed by atoms with Crippen LogP contribution in [-0.2, 0) is 9.53 Å². The van der Waals surface area contributed by atoms with Crippen molar-refractivity contribution in [2.24, 2.45) is 0 Å². The Hall–Kier alpha value is -0.610. The fraction of sp³-hybridized carbons (Fsp3) is 0.929. The minimum absolute atomic E-state index is 0.0527. The third-order valence-corrected chi connectivity index (χ3v) is 3.61. The number of rotatable bonds is 6. The molecule has 1 unspecified atom stereocenters. The summed E-state index contributed by atoms with van der Waals surface area (Å²) in [6.07, 6.45) is 3.06. The zero-order valence-corrected chi connectivity index (χ0v) is 12.1. The largest absolute Gasteiger partial charge is 0.481 e. The highest BCUT2D eigenvalue weighted by Gasteiger charge is 2.32. The van der Waals surface area contributed by atoms with Gasteiger partial charge in [0, 0.05) is 25.1 Å². The fourth-order valence-electron chi connectivity index (χ4n) is 2.76. The summed E-state index contributed by atoms with van der Waals surface area (Å²) in [5.41, 5.74) is -0.0527. The Balaban J connectivity index is 2.52. The van der Waals surface area contributed by atoms with Gasteiger partial charge in [0.1, 0.15) is 0 Å². The summed E-state index contributed by atoms with van der Waals surface area (Å²) in [6, 6.07) is 0.972. The standard InChI is InChI=1S/C14H27NO3/c1-11(2)15(8-5-6-13(16)17)12-7-9-18-14(3,4)10-12/h11-12H,5-10H2,1-4H3,(H,16,17). The highest BCUT2D eigenvalue weighted by molar-refractivity contribution is 5.66. The zero-order chi connectivity index (χ0) is 13.8. The summed E-state index contributed by atoms with van der Waals surface area (Å²) >= 11 is 0. The van der Waals surface area contributed by atoms with Crippen LogP contribution in [-0.4, -0.2) is 46.8 Å². The molecular formula is C14H27NO3. The van der Waals surface area contributed by atoms with Crippen LogP contribution in [0.5, 0.6) is 0 Å². The Kier molecular flexibility index (Phi) is 5.60. The number of hydrogen-bond acceptors (Lipinski definition) is 3. The lowest BCUT2D eigenvalue weighted by Gasteiger charge is -2.43. The lowest BCUT2D eigenvalue weighted by molar-refractivity contribution is -0.137. The molecule has 0 spiro atoms. The summed E-state index contributed by atoms with van der Waals surface area (Å²) in [6.45, 7) is 10.3. The van der Waals surface area contributed by atoms with Crippen molar-refractivity contribution in [3.8, 4) is 0 Å². The zero-order valence-electron chi connectivity index (χ0n) is 12.1. The lowest BCUT2D eigenvalue weighted by atomic mass is 9.92. The number of ether oxygens (including phenoxy) is 1. The van der Waals surface area contributed by atoms with E-state index in [2.05, 4.69) is 32.6 Å². The first-order chi connectivity index (χ1) is 8.32. The van der Waals surface area contributed by atoms with Crippen molar-refractivity contribution in [1.29, 1.82) is 0 Å².